The lowest BCUT2D eigenvalue weighted by molar-refractivity contribution is -0.0303. The molecular formula is C21H33FN4O3. The molecule has 0 unspecified atom stereocenters. The Balaban J connectivity index is 1.48. The molecule has 3 N–H and O–H groups in total. The predicted molar refractivity (Wildman–Crippen MR) is 111 cm³/mol. The number of hydrogen-bond donors (Lipinski definition) is 2. The molecule has 0 aromatic heterocycles. The number of hydrogen-bond acceptors (Lipinski definition) is 6. The number of amides is 1. The van der Waals surface area contributed by atoms with Gasteiger partial charge in [0.15, 0.2) is 0 Å². The van der Waals surface area contributed by atoms with Crippen LogP contribution in [0.4, 0.5) is 20.6 Å². The number of aliphatic hydroxyl groups is 1. The maximum atomic E-state index is 14.2. The van der Waals surface area contributed by atoms with Crippen LogP contribution in [0.2, 0.25) is 0 Å². The van der Waals surface area contributed by atoms with Crippen molar-refractivity contribution in [3.8, 4) is 0 Å². The van der Waals surface area contributed by atoms with Gasteiger partial charge >= 0.3 is 6.09 Å². The van der Waals surface area contributed by atoms with Gasteiger partial charge in [0.05, 0.1) is 11.3 Å². The molecule has 0 bridgehead atoms. The number of nitrogens with zero attached hydrogens (tertiary/aromatic N) is 3. The number of rotatable bonds is 3. The molecule has 0 saturated carbocycles. The van der Waals surface area contributed by atoms with Gasteiger partial charge in [0, 0.05) is 51.5 Å². The third-order valence-corrected chi connectivity index (χ3v) is 5.55. The minimum Gasteiger partial charge on any atom is -0.444 e. The SMILES string of the molecule is CC(C)(C)OC(=O)N1CCN(CC2(O)CCN(c3ccc(N)cc3F)CC2)CC1. The number of nitrogen functional groups attached to an aromatic ring is 1. The van der Waals surface area contributed by atoms with Gasteiger partial charge in [0.1, 0.15) is 11.4 Å². The largest absolute Gasteiger partial charge is 0.444 e. The topological polar surface area (TPSA) is 82.3 Å². The van der Waals surface area contributed by atoms with Gasteiger partial charge in [-0.1, -0.05) is 0 Å². The van der Waals surface area contributed by atoms with Crippen LogP contribution in [-0.2, 0) is 4.74 Å². The summed E-state index contributed by atoms with van der Waals surface area (Å²) in [5.74, 6) is -0.325. The number of halogens is 1. The van der Waals surface area contributed by atoms with E-state index >= 15 is 0 Å². The van der Waals surface area contributed by atoms with Crippen molar-refractivity contribution in [3.63, 3.8) is 0 Å². The van der Waals surface area contributed by atoms with E-state index in [0.29, 0.717) is 70.0 Å². The Hall–Kier alpha value is -2.06. The summed E-state index contributed by atoms with van der Waals surface area (Å²) in [7, 11) is 0. The van der Waals surface area contributed by atoms with Crippen LogP contribution in [0.25, 0.3) is 0 Å². The Morgan fingerprint density at radius 3 is 2.34 bits per heavy atom. The van der Waals surface area contributed by atoms with E-state index in [-0.39, 0.29) is 11.9 Å². The average Bonchev–Trinajstić information content (AvgIpc) is 2.62. The number of anilines is 2. The molecule has 0 aliphatic carbocycles. The highest BCUT2D eigenvalue weighted by molar-refractivity contribution is 5.68. The summed E-state index contributed by atoms with van der Waals surface area (Å²) in [4.78, 5) is 18.1. The van der Waals surface area contributed by atoms with Crippen molar-refractivity contribution in [2.75, 3.05) is 56.4 Å². The van der Waals surface area contributed by atoms with Crippen LogP contribution < -0.4 is 10.6 Å². The number of carbonyl (C=O) groups excluding carboxylic acids is 1. The number of piperidine rings is 1. The molecule has 2 aliphatic rings. The number of piperazine rings is 1. The Labute approximate surface area is 172 Å². The van der Waals surface area contributed by atoms with E-state index in [9.17, 15) is 14.3 Å². The Morgan fingerprint density at radius 1 is 1.17 bits per heavy atom. The maximum absolute atomic E-state index is 14.2. The molecule has 2 saturated heterocycles. The summed E-state index contributed by atoms with van der Waals surface area (Å²) in [6.07, 6.45) is 0.862. The molecule has 7 nitrogen and oxygen atoms in total. The van der Waals surface area contributed by atoms with Crippen LogP contribution in [0.1, 0.15) is 33.6 Å². The molecule has 3 rings (SSSR count). The van der Waals surface area contributed by atoms with Crippen LogP contribution in [0, 0.1) is 5.82 Å². The first-order chi connectivity index (χ1) is 13.5. The standard InChI is InChI=1S/C21H33FN4O3/c1-20(2,3)29-19(27)26-12-10-24(11-13-26)15-21(28)6-8-25(9-7-21)18-5-4-16(23)14-17(18)22/h4-5,14,28H,6-13,15,23H2,1-3H3. The van der Waals surface area contributed by atoms with Crippen LogP contribution in [0.3, 0.4) is 0 Å². The highest BCUT2D eigenvalue weighted by Crippen LogP contribution is 2.30. The average molecular weight is 409 g/mol. The molecule has 1 aromatic carbocycles. The highest BCUT2D eigenvalue weighted by Gasteiger charge is 2.36. The van der Waals surface area contributed by atoms with E-state index < -0.39 is 11.2 Å². The maximum Gasteiger partial charge on any atom is 0.410 e. The Morgan fingerprint density at radius 2 is 1.79 bits per heavy atom. The molecule has 0 spiro atoms. The lowest BCUT2D eigenvalue weighted by atomic mass is 9.90. The normalized spacial score (nSPS) is 20.6. The first-order valence-electron chi connectivity index (χ1n) is 10.3. The van der Waals surface area contributed by atoms with Crippen LogP contribution >= 0.6 is 0 Å². The van der Waals surface area contributed by atoms with E-state index in [0.717, 1.165) is 0 Å². The van der Waals surface area contributed by atoms with E-state index in [1.165, 1.54) is 6.07 Å². The van der Waals surface area contributed by atoms with Crippen LogP contribution in [0.15, 0.2) is 18.2 Å². The zero-order valence-electron chi connectivity index (χ0n) is 17.7. The van der Waals surface area contributed by atoms with E-state index in [4.69, 9.17) is 10.5 Å². The quantitative estimate of drug-likeness (QED) is 0.747. The third kappa shape index (κ3) is 5.73. The number of nitrogens with two attached hydrogens (primary N) is 1. The molecule has 1 aromatic rings. The second-order valence-corrected chi connectivity index (χ2v) is 9.17. The third-order valence-electron chi connectivity index (χ3n) is 5.55. The fourth-order valence-electron chi connectivity index (χ4n) is 3.93. The van der Waals surface area contributed by atoms with Gasteiger partial charge < -0.3 is 25.4 Å². The number of benzene rings is 1. The highest BCUT2D eigenvalue weighted by atomic mass is 19.1. The summed E-state index contributed by atoms with van der Waals surface area (Å²) in [5.41, 5.74) is 5.27. The van der Waals surface area contributed by atoms with Crippen molar-refractivity contribution in [1.29, 1.82) is 0 Å². The molecule has 1 amide bonds. The zero-order valence-corrected chi connectivity index (χ0v) is 17.7. The molecule has 162 valence electrons. The fourth-order valence-corrected chi connectivity index (χ4v) is 3.93. The van der Waals surface area contributed by atoms with Gasteiger partial charge in [-0.2, -0.15) is 0 Å². The molecule has 2 aliphatic heterocycles. The van der Waals surface area contributed by atoms with Gasteiger partial charge in [0.2, 0.25) is 0 Å². The van der Waals surface area contributed by atoms with Gasteiger partial charge in [0.25, 0.3) is 0 Å². The summed E-state index contributed by atoms with van der Waals surface area (Å²) < 4.78 is 19.6. The molecule has 2 fully saturated rings. The molecule has 0 radical (unpaired) electrons. The smallest absolute Gasteiger partial charge is 0.410 e. The number of carbonyl (C=O) groups is 1. The van der Waals surface area contributed by atoms with E-state index in [1.54, 1.807) is 17.0 Å². The van der Waals surface area contributed by atoms with E-state index in [2.05, 4.69) is 4.90 Å². The molecule has 2 heterocycles. The number of β-amino-alcohol motifs (C(OH)–C–C–N with tert-alkyl or cyclic N) is 1. The molecule has 8 heteroatoms. The second-order valence-electron chi connectivity index (χ2n) is 9.17. The van der Waals surface area contributed by atoms with E-state index in [1.807, 2.05) is 25.7 Å². The van der Waals surface area contributed by atoms with Crippen molar-refractivity contribution in [1.82, 2.24) is 9.80 Å². The van der Waals surface area contributed by atoms with Crippen molar-refractivity contribution < 1.29 is 19.0 Å². The first-order valence-corrected chi connectivity index (χ1v) is 10.3. The summed E-state index contributed by atoms with van der Waals surface area (Å²) in [5, 5.41) is 11.0. The first kappa shape index (κ1) is 21.6. The lowest BCUT2D eigenvalue weighted by Gasteiger charge is -2.43. The van der Waals surface area contributed by atoms with Crippen molar-refractivity contribution in [2.45, 2.75) is 44.8 Å². The summed E-state index contributed by atoms with van der Waals surface area (Å²) >= 11 is 0. The Kier molecular flexibility index (Phi) is 6.24. The van der Waals surface area contributed by atoms with Gasteiger partial charge in [-0.05, 0) is 51.8 Å². The zero-order chi connectivity index (χ0) is 21.2. The number of ether oxygens (including phenoxy) is 1. The summed E-state index contributed by atoms with van der Waals surface area (Å²) in [6, 6.07) is 4.73. The summed E-state index contributed by atoms with van der Waals surface area (Å²) in [6.45, 7) is 9.92. The molecular weight excluding hydrogens is 375 g/mol. The van der Waals surface area contributed by atoms with Crippen molar-refractivity contribution in [2.24, 2.45) is 0 Å². The minimum absolute atomic E-state index is 0.283. The van der Waals surface area contributed by atoms with Crippen molar-refractivity contribution in [3.05, 3.63) is 24.0 Å². The second kappa shape index (κ2) is 8.36. The monoisotopic (exact) mass is 408 g/mol. The predicted octanol–water partition coefficient (Wildman–Crippen LogP) is 2.29. The van der Waals surface area contributed by atoms with Gasteiger partial charge in [-0.15, -0.1) is 0 Å². The van der Waals surface area contributed by atoms with Crippen LogP contribution in [0.5, 0.6) is 0 Å². The van der Waals surface area contributed by atoms with Crippen molar-refractivity contribution >= 4 is 17.5 Å². The fraction of sp³-hybridized carbons (Fsp3) is 0.667. The minimum atomic E-state index is -0.797. The van der Waals surface area contributed by atoms with Gasteiger partial charge in [-0.25, -0.2) is 9.18 Å². The Bertz CT molecular complexity index is 721. The molecule has 29 heavy (non-hydrogen) atoms. The molecule has 0 atom stereocenters. The lowest BCUT2D eigenvalue weighted by Crippen LogP contribution is -2.56. The van der Waals surface area contributed by atoms with Gasteiger partial charge in [-0.3, -0.25) is 4.90 Å². The van der Waals surface area contributed by atoms with Crippen LogP contribution in [-0.4, -0.2) is 78.0 Å².